The van der Waals surface area contributed by atoms with Crippen LogP contribution in [0.5, 0.6) is 0 Å². The minimum Gasteiger partial charge on any atom is -0.379 e. The molecule has 5 rings (SSSR count). The zero-order chi connectivity index (χ0) is 22.6. The Labute approximate surface area is 195 Å². The summed E-state index contributed by atoms with van der Waals surface area (Å²) in [6, 6.07) is 22.5. The number of benzene rings is 3. The smallest absolute Gasteiger partial charge is 0.255 e. The topological polar surface area (TPSA) is 41.6 Å². The van der Waals surface area contributed by atoms with Crippen LogP contribution in [0.4, 0.5) is 5.69 Å². The molecule has 4 nitrogen and oxygen atoms in total. The molecule has 1 saturated heterocycles. The molecule has 0 radical (unpaired) electrons. The quantitative estimate of drug-likeness (QED) is 0.566. The maximum absolute atomic E-state index is 12.8. The van der Waals surface area contributed by atoms with E-state index in [9.17, 15) is 4.79 Å². The Morgan fingerprint density at radius 1 is 0.909 bits per heavy atom. The van der Waals surface area contributed by atoms with Gasteiger partial charge in [0.25, 0.3) is 5.91 Å². The predicted molar refractivity (Wildman–Crippen MR) is 135 cm³/mol. The summed E-state index contributed by atoms with van der Waals surface area (Å²) in [5, 5.41) is 3.07. The van der Waals surface area contributed by atoms with Crippen LogP contribution < -0.4 is 5.32 Å². The van der Waals surface area contributed by atoms with E-state index in [-0.39, 0.29) is 5.91 Å². The fourth-order valence-electron chi connectivity index (χ4n) is 4.56. The average Bonchev–Trinajstić information content (AvgIpc) is 2.85. The van der Waals surface area contributed by atoms with Gasteiger partial charge in [0, 0.05) is 30.9 Å². The summed E-state index contributed by atoms with van der Waals surface area (Å²) in [7, 11) is 0. The molecule has 3 aromatic rings. The van der Waals surface area contributed by atoms with E-state index in [1.165, 1.54) is 22.3 Å². The first-order valence-corrected chi connectivity index (χ1v) is 11.7. The van der Waals surface area contributed by atoms with Crippen molar-refractivity contribution in [3.63, 3.8) is 0 Å². The summed E-state index contributed by atoms with van der Waals surface area (Å²) in [4.78, 5) is 15.3. The summed E-state index contributed by atoms with van der Waals surface area (Å²) >= 11 is 0. The molecule has 0 atom stereocenters. The molecule has 1 fully saturated rings. The van der Waals surface area contributed by atoms with Crippen molar-refractivity contribution in [1.29, 1.82) is 0 Å². The monoisotopic (exact) mass is 438 g/mol. The van der Waals surface area contributed by atoms with Crippen LogP contribution in [0.3, 0.4) is 0 Å². The molecule has 3 aromatic carbocycles. The molecule has 2 aliphatic rings. The van der Waals surface area contributed by atoms with E-state index in [0.717, 1.165) is 62.5 Å². The van der Waals surface area contributed by atoms with Crippen molar-refractivity contribution >= 4 is 17.7 Å². The summed E-state index contributed by atoms with van der Waals surface area (Å²) in [5.41, 5.74) is 9.07. The fraction of sp³-hybridized carbons (Fsp3) is 0.276. The van der Waals surface area contributed by atoms with Gasteiger partial charge in [0.05, 0.1) is 13.2 Å². The van der Waals surface area contributed by atoms with E-state index in [1.807, 2.05) is 30.3 Å². The molecule has 4 heteroatoms. The second-order valence-corrected chi connectivity index (χ2v) is 9.00. The van der Waals surface area contributed by atoms with Gasteiger partial charge in [0.15, 0.2) is 0 Å². The largest absolute Gasteiger partial charge is 0.379 e. The van der Waals surface area contributed by atoms with Crippen LogP contribution in [0.15, 0.2) is 72.3 Å². The maximum atomic E-state index is 12.8. The maximum Gasteiger partial charge on any atom is 0.255 e. The van der Waals surface area contributed by atoms with Crippen LogP contribution in [0.2, 0.25) is 0 Å². The average molecular weight is 439 g/mol. The highest BCUT2D eigenvalue weighted by molar-refractivity contribution is 6.04. The lowest BCUT2D eigenvalue weighted by molar-refractivity contribution is 0.0420. The standard InChI is InChI=1S/C29H30N2O2/c1-21-2-5-23(6-3-21)24-8-10-25(11-9-24)29(32)30-28-13-12-26-18-22(4-7-27(26)19-28)20-31-14-16-33-17-15-31/h2-3,5-6,8-13,18-19H,4,7,14-17,20H2,1H3,(H,30,32). The molecular formula is C29H30N2O2. The van der Waals surface area contributed by atoms with Gasteiger partial charge in [-0.05, 0) is 66.3 Å². The van der Waals surface area contributed by atoms with Gasteiger partial charge >= 0.3 is 0 Å². The fourth-order valence-corrected chi connectivity index (χ4v) is 4.56. The molecule has 0 saturated carbocycles. The van der Waals surface area contributed by atoms with E-state index < -0.39 is 0 Å². The summed E-state index contributed by atoms with van der Waals surface area (Å²) < 4.78 is 5.46. The highest BCUT2D eigenvalue weighted by atomic mass is 16.5. The molecule has 1 aliphatic heterocycles. The number of anilines is 1. The first-order valence-electron chi connectivity index (χ1n) is 11.7. The number of nitrogens with one attached hydrogen (secondary N) is 1. The Hall–Kier alpha value is -3.21. The molecule has 0 unspecified atom stereocenters. The lowest BCUT2D eigenvalue weighted by Crippen LogP contribution is -2.37. The van der Waals surface area contributed by atoms with Gasteiger partial charge in [-0.15, -0.1) is 0 Å². The van der Waals surface area contributed by atoms with Crippen molar-refractivity contribution in [2.45, 2.75) is 19.8 Å². The van der Waals surface area contributed by atoms with Crippen molar-refractivity contribution < 1.29 is 9.53 Å². The summed E-state index contributed by atoms with van der Waals surface area (Å²) in [6.07, 6.45) is 4.41. The highest BCUT2D eigenvalue weighted by Crippen LogP contribution is 2.28. The number of hydrogen-bond donors (Lipinski definition) is 1. The molecule has 0 spiro atoms. The molecule has 0 aromatic heterocycles. The van der Waals surface area contributed by atoms with E-state index in [0.29, 0.717) is 5.56 Å². The van der Waals surface area contributed by atoms with Crippen LogP contribution >= 0.6 is 0 Å². The number of carbonyl (C=O) groups excluding carboxylic acids is 1. The number of aryl methyl sites for hydroxylation is 2. The minimum atomic E-state index is -0.0789. The first kappa shape index (κ1) is 21.6. The summed E-state index contributed by atoms with van der Waals surface area (Å²) in [6.45, 7) is 6.81. The van der Waals surface area contributed by atoms with Crippen molar-refractivity contribution in [3.05, 3.63) is 94.6 Å². The second kappa shape index (κ2) is 9.74. The summed E-state index contributed by atoms with van der Waals surface area (Å²) in [5.74, 6) is -0.0789. The Kier molecular flexibility index (Phi) is 6.38. The van der Waals surface area contributed by atoms with Gasteiger partial charge in [-0.25, -0.2) is 0 Å². The number of rotatable bonds is 5. The molecule has 1 amide bonds. The Bertz CT molecular complexity index is 1160. The molecule has 1 N–H and O–H groups in total. The van der Waals surface area contributed by atoms with Gasteiger partial charge in [-0.3, -0.25) is 9.69 Å². The third-order valence-electron chi connectivity index (χ3n) is 6.54. The number of morpholine rings is 1. The zero-order valence-electron chi connectivity index (χ0n) is 19.1. The number of hydrogen-bond acceptors (Lipinski definition) is 3. The van der Waals surface area contributed by atoms with Gasteiger partial charge in [0.2, 0.25) is 0 Å². The Balaban J connectivity index is 1.24. The van der Waals surface area contributed by atoms with Crippen LogP contribution in [-0.2, 0) is 11.2 Å². The number of nitrogens with zero attached hydrogens (tertiary/aromatic N) is 1. The van der Waals surface area contributed by atoms with Gasteiger partial charge in [-0.1, -0.05) is 59.7 Å². The van der Waals surface area contributed by atoms with Gasteiger partial charge in [0.1, 0.15) is 0 Å². The van der Waals surface area contributed by atoms with Gasteiger partial charge in [-0.2, -0.15) is 0 Å². The minimum absolute atomic E-state index is 0.0789. The molecule has 1 heterocycles. The molecule has 0 bridgehead atoms. The lowest BCUT2D eigenvalue weighted by atomic mass is 9.91. The Morgan fingerprint density at radius 3 is 2.33 bits per heavy atom. The normalized spacial score (nSPS) is 16.1. The molecule has 1 aliphatic carbocycles. The van der Waals surface area contributed by atoms with Crippen LogP contribution in [0.25, 0.3) is 17.2 Å². The van der Waals surface area contributed by atoms with E-state index in [2.05, 4.69) is 59.6 Å². The SMILES string of the molecule is Cc1ccc(-c2ccc(C(=O)Nc3ccc4c(c3)CCC(CN3CCOCC3)=C4)cc2)cc1. The van der Waals surface area contributed by atoms with Crippen LogP contribution in [0, 0.1) is 6.92 Å². The third kappa shape index (κ3) is 5.24. The predicted octanol–water partition coefficient (Wildman–Crippen LogP) is 5.58. The number of fused-ring (bicyclic) bond motifs is 1. The van der Waals surface area contributed by atoms with Crippen molar-refractivity contribution in [1.82, 2.24) is 4.90 Å². The molecule has 33 heavy (non-hydrogen) atoms. The number of carbonyl (C=O) groups is 1. The zero-order valence-corrected chi connectivity index (χ0v) is 19.1. The first-order chi connectivity index (χ1) is 16.1. The third-order valence-corrected chi connectivity index (χ3v) is 6.54. The van der Waals surface area contributed by atoms with E-state index in [1.54, 1.807) is 0 Å². The molecule has 168 valence electrons. The Morgan fingerprint density at radius 2 is 1.61 bits per heavy atom. The second-order valence-electron chi connectivity index (χ2n) is 9.00. The van der Waals surface area contributed by atoms with E-state index in [4.69, 9.17) is 4.74 Å². The van der Waals surface area contributed by atoms with E-state index >= 15 is 0 Å². The van der Waals surface area contributed by atoms with Crippen molar-refractivity contribution in [2.24, 2.45) is 0 Å². The van der Waals surface area contributed by atoms with Crippen LogP contribution in [-0.4, -0.2) is 43.7 Å². The van der Waals surface area contributed by atoms with Crippen molar-refractivity contribution in [3.8, 4) is 11.1 Å². The van der Waals surface area contributed by atoms with Gasteiger partial charge < -0.3 is 10.1 Å². The number of ether oxygens (including phenoxy) is 1. The van der Waals surface area contributed by atoms with Crippen molar-refractivity contribution in [2.75, 3.05) is 38.2 Å². The molecular weight excluding hydrogens is 408 g/mol. The van der Waals surface area contributed by atoms with Crippen LogP contribution in [0.1, 0.15) is 33.5 Å². The number of amides is 1. The highest BCUT2D eigenvalue weighted by Gasteiger charge is 2.16. The lowest BCUT2D eigenvalue weighted by Gasteiger charge is -2.29.